The van der Waals surface area contributed by atoms with Gasteiger partial charge in [-0.15, -0.1) is 0 Å². The number of amides is 1. The van der Waals surface area contributed by atoms with Crippen molar-refractivity contribution in [3.63, 3.8) is 0 Å². The summed E-state index contributed by atoms with van der Waals surface area (Å²) >= 11 is 12.1. The van der Waals surface area contributed by atoms with Gasteiger partial charge in [-0.2, -0.15) is 5.10 Å². The average Bonchev–Trinajstić information content (AvgIpc) is 3.14. The lowest BCUT2D eigenvalue weighted by Gasteiger charge is -2.09. The molecule has 0 fully saturated rings. The molecule has 2 aromatic carbocycles. The van der Waals surface area contributed by atoms with Crippen LogP contribution in [0.1, 0.15) is 18.0 Å². The zero-order valence-electron chi connectivity index (χ0n) is 13.2. The summed E-state index contributed by atoms with van der Waals surface area (Å²) in [7, 11) is 0. The Balaban J connectivity index is 1.58. The third-order valence-electron chi connectivity index (χ3n) is 4.35. The molecule has 6 heteroatoms. The Hall–Kier alpha value is -2.30. The third kappa shape index (κ3) is 3.15. The van der Waals surface area contributed by atoms with Gasteiger partial charge in [0.1, 0.15) is 11.9 Å². The quantitative estimate of drug-likeness (QED) is 0.702. The fourth-order valence-electron chi connectivity index (χ4n) is 3.04. The lowest BCUT2D eigenvalue weighted by Crippen LogP contribution is -2.17. The van der Waals surface area contributed by atoms with Crippen LogP contribution in [-0.2, 0) is 11.2 Å². The minimum atomic E-state index is -0.299. The van der Waals surface area contributed by atoms with Crippen molar-refractivity contribution in [2.75, 3.05) is 5.32 Å². The minimum Gasteiger partial charge on any atom is -0.309 e. The average molecular weight is 372 g/mol. The first-order valence-corrected chi connectivity index (χ1v) is 8.77. The van der Waals surface area contributed by atoms with Gasteiger partial charge in [-0.1, -0.05) is 59.6 Å². The van der Waals surface area contributed by atoms with E-state index in [0.717, 1.165) is 17.7 Å². The number of anilines is 1. The number of benzene rings is 2. The van der Waals surface area contributed by atoms with Crippen LogP contribution in [0.25, 0.3) is 11.3 Å². The van der Waals surface area contributed by atoms with Crippen molar-refractivity contribution in [2.24, 2.45) is 0 Å². The molecule has 0 spiro atoms. The standard InChI is InChI=1S/C19H15Cl2N3O/c20-14-8-7-13(10-15(14)21)16-11-18-22-19(25)17(24(18)23-16)9-6-12-4-2-1-3-5-12/h1-5,7-8,10-11,17H,6,9H2,(H,22,25). The summed E-state index contributed by atoms with van der Waals surface area (Å²) < 4.78 is 1.77. The van der Waals surface area contributed by atoms with Gasteiger partial charge in [0, 0.05) is 11.6 Å². The second-order valence-corrected chi connectivity index (χ2v) is 6.83. The van der Waals surface area contributed by atoms with E-state index in [-0.39, 0.29) is 11.9 Å². The molecule has 1 aliphatic heterocycles. The summed E-state index contributed by atoms with van der Waals surface area (Å²) in [5, 5.41) is 8.50. The molecule has 0 saturated heterocycles. The Bertz CT molecular complexity index is 937. The maximum absolute atomic E-state index is 12.2. The van der Waals surface area contributed by atoms with Crippen LogP contribution in [0.3, 0.4) is 0 Å². The first-order valence-electron chi connectivity index (χ1n) is 8.01. The molecule has 25 heavy (non-hydrogen) atoms. The first-order chi connectivity index (χ1) is 12.1. The van der Waals surface area contributed by atoms with Crippen molar-refractivity contribution in [3.8, 4) is 11.3 Å². The Morgan fingerprint density at radius 1 is 1.04 bits per heavy atom. The van der Waals surface area contributed by atoms with Gasteiger partial charge >= 0.3 is 0 Å². The molecule has 1 amide bonds. The fourth-order valence-corrected chi connectivity index (χ4v) is 3.34. The van der Waals surface area contributed by atoms with E-state index in [1.165, 1.54) is 5.56 Å². The predicted molar refractivity (Wildman–Crippen MR) is 100 cm³/mol. The summed E-state index contributed by atoms with van der Waals surface area (Å²) in [6.45, 7) is 0. The number of carbonyl (C=O) groups excluding carboxylic acids is 1. The number of nitrogens with one attached hydrogen (secondary N) is 1. The predicted octanol–water partition coefficient (Wildman–Crippen LogP) is 4.98. The topological polar surface area (TPSA) is 46.9 Å². The van der Waals surface area contributed by atoms with Gasteiger partial charge in [-0.05, 0) is 30.5 Å². The number of rotatable bonds is 4. The molecule has 0 aliphatic carbocycles. The van der Waals surface area contributed by atoms with Crippen LogP contribution in [0.5, 0.6) is 0 Å². The van der Waals surface area contributed by atoms with Gasteiger partial charge in [0.25, 0.3) is 0 Å². The van der Waals surface area contributed by atoms with E-state index in [9.17, 15) is 4.79 Å². The largest absolute Gasteiger partial charge is 0.309 e. The molecule has 1 N–H and O–H groups in total. The van der Waals surface area contributed by atoms with Gasteiger partial charge < -0.3 is 5.32 Å². The normalized spacial score (nSPS) is 15.9. The first kappa shape index (κ1) is 16.2. The molecule has 1 aliphatic rings. The van der Waals surface area contributed by atoms with Crippen LogP contribution < -0.4 is 5.32 Å². The Morgan fingerprint density at radius 3 is 2.60 bits per heavy atom. The van der Waals surface area contributed by atoms with Gasteiger partial charge in [-0.25, -0.2) is 4.68 Å². The number of fused-ring (bicyclic) bond motifs is 1. The van der Waals surface area contributed by atoms with Crippen molar-refractivity contribution in [3.05, 3.63) is 70.2 Å². The van der Waals surface area contributed by atoms with E-state index >= 15 is 0 Å². The van der Waals surface area contributed by atoms with Gasteiger partial charge in [-0.3, -0.25) is 4.79 Å². The highest BCUT2D eigenvalue weighted by Gasteiger charge is 2.31. The zero-order chi connectivity index (χ0) is 17.4. The second kappa shape index (κ2) is 6.54. The van der Waals surface area contributed by atoms with Crippen LogP contribution in [0.15, 0.2) is 54.6 Å². The summed E-state index contributed by atoms with van der Waals surface area (Å²) in [6.07, 6.45) is 1.52. The van der Waals surface area contributed by atoms with E-state index in [1.54, 1.807) is 16.8 Å². The van der Waals surface area contributed by atoms with E-state index in [2.05, 4.69) is 22.5 Å². The van der Waals surface area contributed by atoms with Crippen molar-refractivity contribution >= 4 is 34.9 Å². The summed E-state index contributed by atoms with van der Waals surface area (Å²) in [4.78, 5) is 12.2. The number of halogens is 2. The molecular weight excluding hydrogens is 357 g/mol. The van der Waals surface area contributed by atoms with Crippen molar-refractivity contribution < 1.29 is 4.79 Å². The molecule has 1 aromatic heterocycles. The maximum atomic E-state index is 12.2. The van der Waals surface area contributed by atoms with Gasteiger partial charge in [0.15, 0.2) is 0 Å². The number of carbonyl (C=O) groups is 1. The zero-order valence-corrected chi connectivity index (χ0v) is 14.8. The highest BCUT2D eigenvalue weighted by atomic mass is 35.5. The van der Waals surface area contributed by atoms with Crippen LogP contribution >= 0.6 is 23.2 Å². The molecule has 3 aromatic rings. The number of nitrogens with zero attached hydrogens (tertiary/aromatic N) is 2. The van der Waals surface area contributed by atoms with Crippen LogP contribution in [0.4, 0.5) is 5.82 Å². The minimum absolute atomic E-state index is 0.0147. The van der Waals surface area contributed by atoms with E-state index < -0.39 is 0 Å². The molecule has 1 unspecified atom stereocenters. The number of hydrogen-bond acceptors (Lipinski definition) is 2. The molecule has 4 nitrogen and oxygen atoms in total. The second-order valence-electron chi connectivity index (χ2n) is 6.02. The molecule has 0 radical (unpaired) electrons. The van der Waals surface area contributed by atoms with E-state index in [0.29, 0.717) is 22.3 Å². The van der Waals surface area contributed by atoms with Crippen molar-refractivity contribution in [1.82, 2.24) is 9.78 Å². The Kier molecular flexibility index (Phi) is 4.24. The molecule has 0 saturated carbocycles. The maximum Gasteiger partial charge on any atom is 0.250 e. The Labute approximate surface area is 155 Å². The number of aromatic nitrogens is 2. The third-order valence-corrected chi connectivity index (χ3v) is 5.09. The fraction of sp³-hybridized carbons (Fsp3) is 0.158. The van der Waals surface area contributed by atoms with Gasteiger partial charge in [0.2, 0.25) is 5.91 Å². The van der Waals surface area contributed by atoms with Crippen LogP contribution in [0.2, 0.25) is 10.0 Å². The van der Waals surface area contributed by atoms with Gasteiger partial charge in [0.05, 0.1) is 15.7 Å². The molecular formula is C19H15Cl2N3O. The molecule has 1 atom stereocenters. The highest BCUT2D eigenvalue weighted by Crippen LogP contribution is 2.34. The SMILES string of the molecule is O=C1Nc2cc(-c3ccc(Cl)c(Cl)c3)nn2C1CCc1ccccc1. The van der Waals surface area contributed by atoms with Crippen molar-refractivity contribution in [2.45, 2.75) is 18.9 Å². The van der Waals surface area contributed by atoms with E-state index in [4.69, 9.17) is 23.2 Å². The van der Waals surface area contributed by atoms with Crippen LogP contribution in [0, 0.1) is 0 Å². The highest BCUT2D eigenvalue weighted by molar-refractivity contribution is 6.42. The lowest BCUT2D eigenvalue weighted by molar-refractivity contribution is -0.118. The smallest absolute Gasteiger partial charge is 0.250 e. The molecule has 126 valence electrons. The summed E-state index contributed by atoms with van der Waals surface area (Å²) in [6, 6.07) is 17.1. The Morgan fingerprint density at radius 2 is 1.84 bits per heavy atom. The molecule has 2 heterocycles. The molecule has 0 bridgehead atoms. The van der Waals surface area contributed by atoms with Crippen molar-refractivity contribution in [1.29, 1.82) is 0 Å². The summed E-state index contributed by atoms with van der Waals surface area (Å²) in [5.74, 6) is 0.697. The van der Waals surface area contributed by atoms with E-state index in [1.807, 2.05) is 30.3 Å². The number of hydrogen-bond donors (Lipinski definition) is 1. The summed E-state index contributed by atoms with van der Waals surface area (Å²) in [5.41, 5.74) is 2.84. The van der Waals surface area contributed by atoms with Crippen LogP contribution in [-0.4, -0.2) is 15.7 Å². The number of aryl methyl sites for hydroxylation is 1. The monoisotopic (exact) mass is 371 g/mol. The lowest BCUT2D eigenvalue weighted by atomic mass is 10.1. The molecule has 4 rings (SSSR count).